The fourth-order valence-electron chi connectivity index (χ4n) is 1.78. The first-order valence-corrected chi connectivity index (χ1v) is 5.62. The Balaban J connectivity index is 2.78. The lowest BCUT2D eigenvalue weighted by molar-refractivity contribution is 0.0745. The zero-order valence-corrected chi connectivity index (χ0v) is 10.9. The van der Waals surface area contributed by atoms with E-state index in [1.54, 1.807) is 4.90 Å². The molecule has 0 bridgehead atoms. The maximum Gasteiger partial charge on any atom is 0.253 e. The molecule has 0 aromatic heterocycles. The average Bonchev–Trinajstić information content (AvgIpc) is 2.14. The van der Waals surface area contributed by atoms with Crippen molar-refractivity contribution in [2.24, 2.45) is 5.41 Å². The summed E-state index contributed by atoms with van der Waals surface area (Å²) in [6.45, 7) is 9.16. The van der Waals surface area contributed by atoms with E-state index in [0.29, 0.717) is 0 Å². The Hall–Kier alpha value is -1.31. The van der Waals surface area contributed by atoms with Crippen LogP contribution in [0.3, 0.4) is 0 Å². The molecule has 1 amide bonds. The number of benzene rings is 1. The second kappa shape index (κ2) is 4.69. The number of aryl methyl sites for hydroxylation is 1. The predicted octanol–water partition coefficient (Wildman–Crippen LogP) is 3.11. The van der Waals surface area contributed by atoms with E-state index in [4.69, 9.17) is 0 Å². The highest BCUT2D eigenvalue weighted by atomic mass is 16.2. The summed E-state index contributed by atoms with van der Waals surface area (Å²) in [5, 5.41) is 0. The van der Waals surface area contributed by atoms with Gasteiger partial charge in [0.1, 0.15) is 0 Å². The van der Waals surface area contributed by atoms with Crippen molar-refractivity contribution >= 4 is 5.91 Å². The summed E-state index contributed by atoms with van der Waals surface area (Å²) >= 11 is 0. The number of rotatable bonds is 2. The molecule has 1 rings (SSSR count). The molecule has 0 aliphatic carbocycles. The fraction of sp³-hybridized carbons (Fsp3) is 0.500. The van der Waals surface area contributed by atoms with Crippen molar-refractivity contribution in [1.29, 1.82) is 0 Å². The third-order valence-corrected chi connectivity index (χ3v) is 2.32. The minimum atomic E-state index is 0.0959. The van der Waals surface area contributed by atoms with Crippen LogP contribution in [0.1, 0.15) is 36.7 Å². The summed E-state index contributed by atoms with van der Waals surface area (Å²) in [5.74, 6) is 0.0959. The molecular weight excluding hydrogens is 198 g/mol. The van der Waals surface area contributed by atoms with E-state index < -0.39 is 0 Å². The first kappa shape index (κ1) is 12.8. The van der Waals surface area contributed by atoms with Crippen LogP contribution in [0.5, 0.6) is 0 Å². The van der Waals surface area contributed by atoms with Gasteiger partial charge in [-0.25, -0.2) is 0 Å². The Morgan fingerprint density at radius 3 is 2.44 bits per heavy atom. The van der Waals surface area contributed by atoms with Crippen molar-refractivity contribution in [3.05, 3.63) is 35.4 Å². The monoisotopic (exact) mass is 219 g/mol. The number of carbonyl (C=O) groups excluding carboxylic acids is 1. The van der Waals surface area contributed by atoms with Crippen molar-refractivity contribution in [2.75, 3.05) is 13.6 Å². The van der Waals surface area contributed by atoms with Gasteiger partial charge in [0.2, 0.25) is 0 Å². The van der Waals surface area contributed by atoms with E-state index in [2.05, 4.69) is 20.8 Å². The molecule has 0 radical (unpaired) electrons. The van der Waals surface area contributed by atoms with Gasteiger partial charge in [0.15, 0.2) is 0 Å². The lowest BCUT2D eigenvalue weighted by Gasteiger charge is -2.26. The molecule has 2 nitrogen and oxygen atoms in total. The van der Waals surface area contributed by atoms with E-state index in [0.717, 1.165) is 17.7 Å². The fourth-order valence-corrected chi connectivity index (χ4v) is 1.78. The Bertz CT molecular complexity index is 377. The largest absolute Gasteiger partial charge is 0.341 e. The Kier molecular flexibility index (Phi) is 3.74. The highest BCUT2D eigenvalue weighted by Gasteiger charge is 2.18. The van der Waals surface area contributed by atoms with Gasteiger partial charge in [-0.1, -0.05) is 38.5 Å². The molecule has 0 unspecified atom stereocenters. The molecule has 0 fully saturated rings. The molecule has 0 saturated carbocycles. The van der Waals surface area contributed by atoms with Crippen molar-refractivity contribution in [3.8, 4) is 0 Å². The normalized spacial score (nSPS) is 11.3. The zero-order valence-electron chi connectivity index (χ0n) is 10.9. The van der Waals surface area contributed by atoms with Gasteiger partial charge in [-0.3, -0.25) is 4.79 Å². The van der Waals surface area contributed by atoms with Crippen molar-refractivity contribution in [1.82, 2.24) is 4.90 Å². The van der Waals surface area contributed by atoms with E-state index in [1.165, 1.54) is 0 Å². The summed E-state index contributed by atoms with van der Waals surface area (Å²) in [4.78, 5) is 13.9. The highest BCUT2D eigenvalue weighted by molar-refractivity contribution is 5.94. The second-order valence-corrected chi connectivity index (χ2v) is 5.59. The van der Waals surface area contributed by atoms with Gasteiger partial charge in [0.05, 0.1) is 0 Å². The third kappa shape index (κ3) is 3.69. The highest BCUT2D eigenvalue weighted by Crippen LogP contribution is 2.16. The van der Waals surface area contributed by atoms with Gasteiger partial charge in [-0.2, -0.15) is 0 Å². The van der Waals surface area contributed by atoms with Crippen LogP contribution in [0.2, 0.25) is 0 Å². The molecule has 16 heavy (non-hydrogen) atoms. The van der Waals surface area contributed by atoms with Gasteiger partial charge in [0, 0.05) is 19.2 Å². The molecule has 1 aromatic carbocycles. The molecule has 0 atom stereocenters. The predicted molar refractivity (Wildman–Crippen MR) is 67.6 cm³/mol. The minimum absolute atomic E-state index is 0.0959. The van der Waals surface area contributed by atoms with Crippen LogP contribution in [0, 0.1) is 12.3 Å². The molecule has 0 aliphatic rings. The molecule has 0 saturated heterocycles. The van der Waals surface area contributed by atoms with Gasteiger partial charge in [0.25, 0.3) is 5.91 Å². The molecule has 0 aliphatic heterocycles. The van der Waals surface area contributed by atoms with Crippen LogP contribution in [0.4, 0.5) is 0 Å². The van der Waals surface area contributed by atoms with Crippen LogP contribution in [-0.4, -0.2) is 24.4 Å². The maximum atomic E-state index is 12.1. The SMILES string of the molecule is Cc1cccc(C(=O)N(C)CC(C)(C)C)c1. The van der Waals surface area contributed by atoms with Gasteiger partial charge < -0.3 is 4.90 Å². The van der Waals surface area contributed by atoms with Crippen LogP contribution >= 0.6 is 0 Å². The quantitative estimate of drug-likeness (QED) is 0.748. The number of amides is 1. The van der Waals surface area contributed by atoms with Gasteiger partial charge in [-0.15, -0.1) is 0 Å². The number of carbonyl (C=O) groups is 1. The molecule has 1 aromatic rings. The second-order valence-electron chi connectivity index (χ2n) is 5.59. The molecule has 0 heterocycles. The van der Waals surface area contributed by atoms with Crippen LogP contribution in [-0.2, 0) is 0 Å². The van der Waals surface area contributed by atoms with Gasteiger partial charge >= 0.3 is 0 Å². The zero-order chi connectivity index (χ0) is 12.3. The van der Waals surface area contributed by atoms with E-state index in [-0.39, 0.29) is 11.3 Å². The van der Waals surface area contributed by atoms with Crippen molar-refractivity contribution < 1.29 is 4.79 Å². The number of hydrogen-bond acceptors (Lipinski definition) is 1. The first-order chi connectivity index (χ1) is 7.29. The van der Waals surface area contributed by atoms with Gasteiger partial charge in [-0.05, 0) is 24.5 Å². The summed E-state index contributed by atoms with van der Waals surface area (Å²) in [6.07, 6.45) is 0. The summed E-state index contributed by atoms with van der Waals surface area (Å²) in [6, 6.07) is 7.73. The molecule has 2 heteroatoms. The Morgan fingerprint density at radius 1 is 1.31 bits per heavy atom. The smallest absolute Gasteiger partial charge is 0.253 e. The molecule has 0 spiro atoms. The third-order valence-electron chi connectivity index (χ3n) is 2.32. The standard InChI is InChI=1S/C14H21NO/c1-11-7-6-8-12(9-11)13(16)15(5)10-14(2,3)4/h6-9H,10H2,1-5H3. The summed E-state index contributed by atoms with van der Waals surface area (Å²) in [7, 11) is 1.86. The van der Waals surface area contributed by atoms with Crippen molar-refractivity contribution in [2.45, 2.75) is 27.7 Å². The summed E-state index contributed by atoms with van der Waals surface area (Å²) < 4.78 is 0. The Morgan fingerprint density at radius 2 is 1.94 bits per heavy atom. The van der Waals surface area contributed by atoms with Crippen LogP contribution in [0.25, 0.3) is 0 Å². The lowest BCUT2D eigenvalue weighted by Crippen LogP contribution is -2.34. The van der Waals surface area contributed by atoms with Crippen molar-refractivity contribution in [3.63, 3.8) is 0 Å². The number of nitrogens with zero attached hydrogens (tertiary/aromatic N) is 1. The summed E-state index contributed by atoms with van der Waals surface area (Å²) in [5.41, 5.74) is 2.02. The molecule has 88 valence electrons. The first-order valence-electron chi connectivity index (χ1n) is 5.62. The molecular formula is C14H21NO. The average molecular weight is 219 g/mol. The van der Waals surface area contributed by atoms with E-state index in [1.807, 2.05) is 38.2 Å². The van der Waals surface area contributed by atoms with Crippen LogP contribution in [0.15, 0.2) is 24.3 Å². The molecule has 0 N–H and O–H groups in total. The minimum Gasteiger partial charge on any atom is -0.341 e. The van der Waals surface area contributed by atoms with E-state index in [9.17, 15) is 4.79 Å². The topological polar surface area (TPSA) is 20.3 Å². The van der Waals surface area contributed by atoms with E-state index >= 15 is 0 Å². The number of hydrogen-bond donors (Lipinski definition) is 0. The Labute approximate surface area is 98.3 Å². The maximum absolute atomic E-state index is 12.1. The van der Waals surface area contributed by atoms with Crippen LogP contribution < -0.4 is 0 Å². The lowest BCUT2D eigenvalue weighted by atomic mass is 9.96.